The first-order valence-corrected chi connectivity index (χ1v) is 13.6. The van der Waals surface area contributed by atoms with Crippen LogP contribution in [0.4, 0.5) is 32.0 Å². The van der Waals surface area contributed by atoms with E-state index in [1.807, 2.05) is 6.92 Å². The molecule has 2 heterocycles. The second kappa shape index (κ2) is 11.6. The number of aliphatic carboxylic acids is 1. The van der Waals surface area contributed by atoms with Crippen molar-refractivity contribution in [3.63, 3.8) is 0 Å². The topological polar surface area (TPSA) is 96.8 Å². The van der Waals surface area contributed by atoms with Gasteiger partial charge in [0.2, 0.25) is 0 Å². The molecule has 1 N–H and O–H groups in total. The van der Waals surface area contributed by atoms with Crippen molar-refractivity contribution in [1.82, 2.24) is 4.98 Å². The Labute approximate surface area is 232 Å². The Morgan fingerprint density at radius 3 is 2.20 bits per heavy atom. The number of anilines is 1. The van der Waals surface area contributed by atoms with Gasteiger partial charge in [-0.1, -0.05) is 19.1 Å². The third-order valence-electron chi connectivity index (χ3n) is 6.33. The van der Waals surface area contributed by atoms with Crippen LogP contribution in [0.15, 0.2) is 65.6 Å². The summed E-state index contributed by atoms with van der Waals surface area (Å²) < 4.78 is 111. The zero-order chi connectivity index (χ0) is 30.8. The van der Waals surface area contributed by atoms with Gasteiger partial charge in [-0.2, -0.15) is 26.3 Å². The predicted molar refractivity (Wildman–Crippen MR) is 138 cm³/mol. The van der Waals surface area contributed by atoms with E-state index in [1.54, 1.807) is 13.8 Å². The first-order chi connectivity index (χ1) is 18.9. The molecule has 2 aromatic carbocycles. The number of fused-ring (bicyclic) bond motifs is 1. The van der Waals surface area contributed by atoms with Crippen molar-refractivity contribution in [3.8, 4) is 17.0 Å². The van der Waals surface area contributed by atoms with Gasteiger partial charge in [-0.3, -0.25) is 9.10 Å². The van der Waals surface area contributed by atoms with Crippen LogP contribution in [-0.4, -0.2) is 37.6 Å². The Balaban J connectivity index is 0.000000507. The number of rotatable bonds is 5. The molecule has 41 heavy (non-hydrogen) atoms. The van der Waals surface area contributed by atoms with Crippen molar-refractivity contribution in [2.24, 2.45) is 5.41 Å². The van der Waals surface area contributed by atoms with Crippen molar-refractivity contribution in [2.75, 3.05) is 17.5 Å². The Bertz CT molecular complexity index is 1520. The Morgan fingerprint density at radius 1 is 0.976 bits per heavy atom. The van der Waals surface area contributed by atoms with Gasteiger partial charge in [-0.25, -0.2) is 13.4 Å². The van der Waals surface area contributed by atoms with E-state index in [9.17, 15) is 39.6 Å². The third kappa shape index (κ3) is 7.29. The highest BCUT2D eigenvalue weighted by molar-refractivity contribution is 7.92. The molecule has 0 fully saturated rings. The van der Waals surface area contributed by atoms with Gasteiger partial charge in [0.05, 0.1) is 33.8 Å². The lowest BCUT2D eigenvalue weighted by atomic mass is 9.91. The van der Waals surface area contributed by atoms with Gasteiger partial charge < -0.3 is 9.84 Å². The number of aromatic nitrogens is 1. The molecule has 0 amide bonds. The summed E-state index contributed by atoms with van der Waals surface area (Å²) in [7, 11) is -4.44. The number of carboxylic acids is 1. The first kappa shape index (κ1) is 31.7. The summed E-state index contributed by atoms with van der Waals surface area (Å²) in [6.07, 6.45) is -8.73. The average molecular weight is 605 g/mol. The number of halogens is 6. The van der Waals surface area contributed by atoms with Gasteiger partial charge in [0.1, 0.15) is 18.1 Å². The van der Waals surface area contributed by atoms with E-state index in [1.165, 1.54) is 24.3 Å². The molecule has 7 nitrogen and oxygen atoms in total. The van der Waals surface area contributed by atoms with Crippen molar-refractivity contribution in [2.45, 2.75) is 44.4 Å². The first-order valence-electron chi connectivity index (χ1n) is 12.1. The number of benzene rings is 2. The Hall–Kier alpha value is -3.81. The van der Waals surface area contributed by atoms with Gasteiger partial charge in [0.15, 0.2) is 0 Å². The second-order valence-electron chi connectivity index (χ2n) is 9.58. The maximum atomic E-state index is 13.2. The molecule has 0 saturated heterocycles. The molecule has 14 heteroatoms. The molecule has 3 aromatic rings. The SMILES string of the molecule is CCC(C)(C)C(=O)O.O=S(=O)(c1cccc(C(F)(F)F)c1)N1CCOc2ccc(-c3cccc(C(F)(F)F)n3)cc21. The average Bonchev–Trinajstić information content (AvgIpc) is 2.92. The molecular weight excluding hydrogens is 578 g/mol. The normalized spacial score (nSPS) is 13.9. The second-order valence-corrected chi connectivity index (χ2v) is 11.4. The van der Waals surface area contributed by atoms with E-state index in [-0.39, 0.29) is 35.8 Å². The zero-order valence-corrected chi connectivity index (χ0v) is 22.9. The highest BCUT2D eigenvalue weighted by Gasteiger charge is 2.35. The highest BCUT2D eigenvalue weighted by atomic mass is 32.2. The summed E-state index contributed by atoms with van der Waals surface area (Å²) in [6, 6.07) is 10.7. The number of hydrogen-bond donors (Lipinski definition) is 1. The van der Waals surface area contributed by atoms with Crippen LogP contribution in [0, 0.1) is 5.41 Å². The van der Waals surface area contributed by atoms with Gasteiger partial charge in [0.25, 0.3) is 10.0 Å². The molecule has 1 aliphatic rings. The number of carboxylic acid groups (broad SMARTS) is 1. The minimum absolute atomic E-state index is 0.0182. The number of hydrogen-bond acceptors (Lipinski definition) is 5. The Kier molecular flexibility index (Phi) is 8.96. The predicted octanol–water partition coefficient (Wildman–Crippen LogP) is 6.88. The summed E-state index contributed by atoms with van der Waals surface area (Å²) >= 11 is 0. The molecule has 0 saturated carbocycles. The molecule has 222 valence electrons. The standard InChI is InChI=1S/C21H14F6N2O3S.C6H12O2/c22-20(23,24)14-3-1-4-15(12-14)33(30,31)29-9-10-32-18-8-7-13(11-17(18)29)16-5-2-6-19(28-16)21(25,26)27;1-4-6(2,3)5(7)8/h1-8,11-12H,9-10H2;4H2,1-3H3,(H,7,8). The maximum Gasteiger partial charge on any atom is 0.433 e. The summed E-state index contributed by atoms with van der Waals surface area (Å²) in [5.74, 6) is -0.604. The largest absolute Gasteiger partial charge is 0.489 e. The van der Waals surface area contributed by atoms with Crippen molar-refractivity contribution in [3.05, 3.63) is 71.9 Å². The zero-order valence-electron chi connectivity index (χ0n) is 22.0. The molecule has 0 atom stereocenters. The lowest BCUT2D eigenvalue weighted by Crippen LogP contribution is -2.38. The molecule has 0 spiro atoms. The van der Waals surface area contributed by atoms with Crippen LogP contribution in [0.5, 0.6) is 5.75 Å². The van der Waals surface area contributed by atoms with Crippen LogP contribution in [0.3, 0.4) is 0 Å². The fourth-order valence-corrected chi connectivity index (χ4v) is 4.96. The number of alkyl halides is 6. The lowest BCUT2D eigenvalue weighted by molar-refractivity contribution is -0.147. The molecule has 1 aromatic heterocycles. The van der Waals surface area contributed by atoms with Gasteiger partial charge in [-0.15, -0.1) is 0 Å². The molecular formula is C27H26F6N2O5S. The van der Waals surface area contributed by atoms with Crippen LogP contribution in [-0.2, 0) is 27.2 Å². The lowest BCUT2D eigenvalue weighted by Gasteiger charge is -2.31. The number of pyridine rings is 1. The number of ether oxygens (including phenoxy) is 1. The van der Waals surface area contributed by atoms with E-state index in [0.717, 1.165) is 34.6 Å². The van der Waals surface area contributed by atoms with Crippen LogP contribution in [0.2, 0.25) is 0 Å². The molecule has 0 aliphatic carbocycles. The monoisotopic (exact) mass is 604 g/mol. The number of nitrogens with zero attached hydrogens (tertiary/aromatic N) is 2. The fourth-order valence-electron chi connectivity index (χ4n) is 3.47. The Morgan fingerprint density at radius 2 is 1.63 bits per heavy atom. The summed E-state index contributed by atoms with van der Waals surface area (Å²) in [5.41, 5.74) is -2.69. The van der Waals surface area contributed by atoms with Crippen LogP contribution in [0.25, 0.3) is 11.3 Å². The van der Waals surface area contributed by atoms with Gasteiger partial charge in [0, 0.05) is 5.56 Å². The molecule has 4 rings (SSSR count). The van der Waals surface area contributed by atoms with Gasteiger partial charge in [-0.05, 0) is 68.8 Å². The minimum Gasteiger partial charge on any atom is -0.489 e. The van der Waals surface area contributed by atoms with Crippen molar-refractivity contribution >= 4 is 21.7 Å². The van der Waals surface area contributed by atoms with Crippen molar-refractivity contribution < 1.29 is 49.4 Å². The van der Waals surface area contributed by atoms with Crippen LogP contribution < -0.4 is 9.04 Å². The molecule has 1 aliphatic heterocycles. The fraction of sp³-hybridized carbons (Fsp3) is 0.333. The number of sulfonamides is 1. The number of carbonyl (C=O) groups is 1. The third-order valence-corrected chi connectivity index (χ3v) is 8.14. The molecule has 0 unspecified atom stereocenters. The van der Waals surface area contributed by atoms with E-state index in [0.29, 0.717) is 12.5 Å². The minimum atomic E-state index is -4.74. The van der Waals surface area contributed by atoms with Crippen LogP contribution in [0.1, 0.15) is 38.4 Å². The highest BCUT2D eigenvalue weighted by Crippen LogP contribution is 2.39. The summed E-state index contributed by atoms with van der Waals surface area (Å²) in [4.78, 5) is 13.3. The summed E-state index contributed by atoms with van der Waals surface area (Å²) in [6.45, 7) is 5.04. The van der Waals surface area contributed by atoms with Crippen molar-refractivity contribution in [1.29, 1.82) is 0 Å². The quantitative estimate of drug-likeness (QED) is 0.319. The van der Waals surface area contributed by atoms with E-state index in [2.05, 4.69) is 4.98 Å². The van der Waals surface area contributed by atoms with E-state index >= 15 is 0 Å². The van der Waals surface area contributed by atoms with E-state index < -0.39 is 49.9 Å². The smallest absolute Gasteiger partial charge is 0.433 e. The van der Waals surface area contributed by atoms with Crippen LogP contribution >= 0.6 is 0 Å². The molecule has 0 radical (unpaired) electrons. The molecule has 0 bridgehead atoms. The maximum absolute atomic E-state index is 13.2. The van der Waals surface area contributed by atoms with E-state index in [4.69, 9.17) is 9.84 Å². The summed E-state index contributed by atoms with van der Waals surface area (Å²) in [5, 5.41) is 8.44. The van der Waals surface area contributed by atoms with Gasteiger partial charge >= 0.3 is 18.3 Å².